The van der Waals surface area contributed by atoms with Gasteiger partial charge < -0.3 is 9.32 Å². The van der Waals surface area contributed by atoms with Crippen molar-refractivity contribution in [3.8, 4) is 11.3 Å². The summed E-state index contributed by atoms with van der Waals surface area (Å²) in [6, 6.07) is 17.1. The molecule has 30 heavy (non-hydrogen) atoms. The molecule has 8 heteroatoms. The quantitative estimate of drug-likeness (QED) is 0.528. The molecule has 0 spiro atoms. The van der Waals surface area contributed by atoms with Gasteiger partial charge in [-0.25, -0.2) is 8.42 Å². The lowest BCUT2D eigenvalue weighted by Gasteiger charge is -2.27. The SMILES string of the molecule is O=C(c1ccc(Cl)cc1)N(Cc1ccc(-c2cccc(Cl)c2)o1)[C@H]1CCS(=O)(=O)C1. The summed E-state index contributed by atoms with van der Waals surface area (Å²) in [7, 11) is -3.16. The van der Waals surface area contributed by atoms with E-state index in [4.69, 9.17) is 27.6 Å². The molecule has 1 saturated heterocycles. The molecular formula is C22H19Cl2NO4S. The van der Waals surface area contributed by atoms with Crippen molar-refractivity contribution in [2.75, 3.05) is 11.5 Å². The molecule has 2 aromatic carbocycles. The van der Waals surface area contributed by atoms with Gasteiger partial charge in [0.05, 0.1) is 18.1 Å². The minimum absolute atomic E-state index is 0.0474. The summed E-state index contributed by atoms with van der Waals surface area (Å²) in [4.78, 5) is 14.8. The number of carbonyl (C=O) groups is 1. The van der Waals surface area contributed by atoms with Gasteiger partial charge in [0.1, 0.15) is 11.5 Å². The van der Waals surface area contributed by atoms with Crippen LogP contribution in [0.25, 0.3) is 11.3 Å². The first-order chi connectivity index (χ1) is 14.3. The summed E-state index contributed by atoms with van der Waals surface area (Å²) in [5.74, 6) is 0.971. The van der Waals surface area contributed by atoms with Crippen molar-refractivity contribution in [3.05, 3.63) is 82.0 Å². The van der Waals surface area contributed by atoms with Gasteiger partial charge >= 0.3 is 0 Å². The van der Waals surface area contributed by atoms with Crippen molar-refractivity contribution >= 4 is 38.9 Å². The van der Waals surface area contributed by atoms with Crippen LogP contribution in [0.5, 0.6) is 0 Å². The van der Waals surface area contributed by atoms with E-state index >= 15 is 0 Å². The molecule has 0 aliphatic carbocycles. The van der Waals surface area contributed by atoms with E-state index in [0.29, 0.717) is 33.6 Å². The second kappa shape index (κ2) is 8.46. The summed E-state index contributed by atoms with van der Waals surface area (Å²) >= 11 is 12.0. The van der Waals surface area contributed by atoms with E-state index in [2.05, 4.69) is 0 Å². The largest absolute Gasteiger partial charge is 0.459 e. The van der Waals surface area contributed by atoms with Gasteiger partial charge in [0.15, 0.2) is 9.84 Å². The van der Waals surface area contributed by atoms with Crippen LogP contribution in [0.15, 0.2) is 65.1 Å². The number of amides is 1. The van der Waals surface area contributed by atoms with Crippen molar-refractivity contribution in [1.82, 2.24) is 4.90 Å². The Balaban J connectivity index is 1.62. The third-order valence-corrected chi connectivity index (χ3v) is 7.34. The van der Waals surface area contributed by atoms with Crippen LogP contribution in [0.4, 0.5) is 0 Å². The molecule has 1 aliphatic heterocycles. The topological polar surface area (TPSA) is 67.6 Å². The van der Waals surface area contributed by atoms with Gasteiger partial charge in [-0.2, -0.15) is 0 Å². The van der Waals surface area contributed by atoms with Crippen molar-refractivity contribution in [2.45, 2.75) is 19.0 Å². The molecule has 2 heterocycles. The molecule has 0 radical (unpaired) electrons. The van der Waals surface area contributed by atoms with Crippen LogP contribution in [0.3, 0.4) is 0 Å². The van der Waals surface area contributed by atoms with Crippen LogP contribution < -0.4 is 0 Å². The predicted molar refractivity (Wildman–Crippen MR) is 118 cm³/mol. The molecule has 4 rings (SSSR count). The fourth-order valence-electron chi connectivity index (χ4n) is 3.57. The second-order valence-corrected chi connectivity index (χ2v) is 10.4. The third-order valence-electron chi connectivity index (χ3n) is 5.10. The first-order valence-electron chi connectivity index (χ1n) is 9.42. The minimum atomic E-state index is -3.16. The molecule has 0 unspecified atom stereocenters. The fraction of sp³-hybridized carbons (Fsp3) is 0.227. The van der Waals surface area contributed by atoms with Gasteiger partial charge in [-0.15, -0.1) is 0 Å². The normalized spacial score (nSPS) is 17.7. The maximum absolute atomic E-state index is 13.2. The number of benzene rings is 2. The standard InChI is InChI=1S/C22H19Cl2NO4S/c23-17-6-4-15(5-7-17)22(26)25(19-10-11-30(27,28)14-19)13-20-8-9-21(29-20)16-2-1-3-18(24)12-16/h1-9,12,19H,10-11,13-14H2/t19-/m0/s1. The molecule has 1 fully saturated rings. The van der Waals surface area contributed by atoms with Crippen molar-refractivity contribution in [3.63, 3.8) is 0 Å². The lowest BCUT2D eigenvalue weighted by Crippen LogP contribution is -2.40. The van der Waals surface area contributed by atoms with Gasteiger partial charge in [-0.1, -0.05) is 35.3 Å². The van der Waals surface area contributed by atoms with Crippen LogP contribution in [0.2, 0.25) is 10.0 Å². The number of halogens is 2. The van der Waals surface area contributed by atoms with E-state index < -0.39 is 15.9 Å². The first-order valence-corrected chi connectivity index (χ1v) is 12.0. The molecule has 1 aromatic heterocycles. The van der Waals surface area contributed by atoms with E-state index in [1.807, 2.05) is 18.2 Å². The Hall–Kier alpha value is -2.28. The van der Waals surface area contributed by atoms with E-state index in [9.17, 15) is 13.2 Å². The molecule has 0 saturated carbocycles. The Bertz CT molecular complexity index is 1170. The number of nitrogens with zero attached hydrogens (tertiary/aromatic N) is 1. The number of sulfone groups is 1. The molecule has 3 aromatic rings. The summed E-state index contributed by atoms with van der Waals surface area (Å²) in [5, 5.41) is 1.12. The van der Waals surface area contributed by atoms with Crippen LogP contribution in [0.1, 0.15) is 22.5 Å². The average molecular weight is 464 g/mol. The van der Waals surface area contributed by atoms with Crippen LogP contribution >= 0.6 is 23.2 Å². The van der Waals surface area contributed by atoms with Gasteiger partial charge in [0.2, 0.25) is 0 Å². The highest BCUT2D eigenvalue weighted by molar-refractivity contribution is 7.91. The molecule has 0 bridgehead atoms. The number of rotatable bonds is 5. The zero-order valence-electron chi connectivity index (χ0n) is 15.9. The number of carbonyl (C=O) groups excluding carboxylic acids is 1. The highest BCUT2D eigenvalue weighted by atomic mass is 35.5. The average Bonchev–Trinajstić information content (AvgIpc) is 3.32. The molecule has 0 N–H and O–H groups in total. The van der Waals surface area contributed by atoms with Crippen LogP contribution in [0, 0.1) is 0 Å². The Morgan fingerprint density at radius 1 is 1.03 bits per heavy atom. The highest BCUT2D eigenvalue weighted by Gasteiger charge is 2.35. The molecule has 1 amide bonds. The van der Waals surface area contributed by atoms with Gasteiger partial charge in [-0.05, 0) is 55.0 Å². The molecule has 1 aliphatic rings. The summed E-state index contributed by atoms with van der Waals surface area (Å²) in [6.07, 6.45) is 0.406. The minimum Gasteiger partial charge on any atom is -0.459 e. The van der Waals surface area contributed by atoms with Gasteiger partial charge in [0.25, 0.3) is 5.91 Å². The fourth-order valence-corrected chi connectivity index (χ4v) is 5.62. The summed E-state index contributed by atoms with van der Waals surface area (Å²) in [6.45, 7) is 0.169. The van der Waals surface area contributed by atoms with E-state index in [1.54, 1.807) is 47.4 Å². The smallest absolute Gasteiger partial charge is 0.254 e. The van der Waals surface area contributed by atoms with E-state index in [-0.39, 0.29) is 24.0 Å². The Kier molecular flexibility index (Phi) is 5.91. The van der Waals surface area contributed by atoms with E-state index in [0.717, 1.165) is 5.56 Å². The zero-order valence-corrected chi connectivity index (χ0v) is 18.3. The Morgan fingerprint density at radius 3 is 2.47 bits per heavy atom. The molecular weight excluding hydrogens is 445 g/mol. The predicted octanol–water partition coefficient (Wildman–Crippen LogP) is 5.08. The van der Waals surface area contributed by atoms with Crippen LogP contribution in [-0.2, 0) is 16.4 Å². The Morgan fingerprint density at radius 2 is 1.80 bits per heavy atom. The molecule has 5 nitrogen and oxygen atoms in total. The zero-order chi connectivity index (χ0) is 21.3. The molecule has 1 atom stereocenters. The lowest BCUT2D eigenvalue weighted by atomic mass is 10.1. The monoisotopic (exact) mass is 463 g/mol. The van der Waals surface area contributed by atoms with Gasteiger partial charge in [0, 0.05) is 27.2 Å². The van der Waals surface area contributed by atoms with Gasteiger partial charge in [-0.3, -0.25) is 4.79 Å². The Labute approximate surface area is 185 Å². The maximum Gasteiger partial charge on any atom is 0.254 e. The maximum atomic E-state index is 13.2. The molecule has 156 valence electrons. The lowest BCUT2D eigenvalue weighted by molar-refractivity contribution is 0.0666. The number of hydrogen-bond donors (Lipinski definition) is 0. The summed E-state index contributed by atoms with van der Waals surface area (Å²) in [5.41, 5.74) is 1.28. The van der Waals surface area contributed by atoms with Crippen molar-refractivity contribution < 1.29 is 17.6 Å². The van der Waals surface area contributed by atoms with Crippen LogP contribution in [-0.4, -0.2) is 36.8 Å². The summed E-state index contributed by atoms with van der Waals surface area (Å²) < 4.78 is 30.0. The number of hydrogen-bond acceptors (Lipinski definition) is 4. The van der Waals surface area contributed by atoms with Crippen molar-refractivity contribution in [2.24, 2.45) is 0 Å². The number of furan rings is 1. The second-order valence-electron chi connectivity index (χ2n) is 7.27. The highest BCUT2D eigenvalue weighted by Crippen LogP contribution is 2.28. The van der Waals surface area contributed by atoms with Crippen molar-refractivity contribution in [1.29, 1.82) is 0 Å². The van der Waals surface area contributed by atoms with E-state index in [1.165, 1.54) is 0 Å². The third kappa shape index (κ3) is 4.72. The first kappa shape index (κ1) is 21.0.